The van der Waals surface area contributed by atoms with Gasteiger partial charge in [0.25, 0.3) is 0 Å². The Hall–Kier alpha value is -0.640. The molecule has 0 saturated carbocycles. The molecular formula is C11H16ClFN2. The maximum absolute atomic E-state index is 13.3. The van der Waals surface area contributed by atoms with Crippen molar-refractivity contribution in [1.82, 2.24) is 0 Å². The van der Waals surface area contributed by atoms with Crippen molar-refractivity contribution in [1.29, 1.82) is 0 Å². The molecule has 0 aliphatic heterocycles. The van der Waals surface area contributed by atoms with Crippen molar-refractivity contribution in [2.24, 2.45) is 11.5 Å². The van der Waals surface area contributed by atoms with E-state index in [0.29, 0.717) is 22.7 Å². The molecule has 0 aliphatic carbocycles. The van der Waals surface area contributed by atoms with E-state index in [9.17, 15) is 4.39 Å². The highest BCUT2D eigenvalue weighted by molar-refractivity contribution is 6.31. The number of hydrogen-bond acceptors (Lipinski definition) is 2. The van der Waals surface area contributed by atoms with Gasteiger partial charge in [0, 0.05) is 11.1 Å². The van der Waals surface area contributed by atoms with Crippen LogP contribution in [0, 0.1) is 12.7 Å². The van der Waals surface area contributed by atoms with E-state index in [1.807, 2.05) is 0 Å². The highest BCUT2D eigenvalue weighted by Crippen LogP contribution is 2.26. The maximum atomic E-state index is 13.3. The van der Waals surface area contributed by atoms with Crippen molar-refractivity contribution in [2.75, 3.05) is 6.54 Å². The van der Waals surface area contributed by atoms with Gasteiger partial charge in [0.2, 0.25) is 0 Å². The SMILES string of the molecule is Cc1cc(Cl)c(C(N)CCCN)cc1F. The summed E-state index contributed by atoms with van der Waals surface area (Å²) in [6.45, 7) is 2.26. The lowest BCUT2D eigenvalue weighted by atomic mass is 10.0. The van der Waals surface area contributed by atoms with E-state index in [2.05, 4.69) is 0 Å². The molecule has 0 spiro atoms. The predicted octanol–water partition coefficient (Wildman–Crippen LogP) is 2.53. The summed E-state index contributed by atoms with van der Waals surface area (Å²) >= 11 is 6.00. The first-order valence-corrected chi connectivity index (χ1v) is 5.35. The zero-order valence-electron chi connectivity index (χ0n) is 8.76. The Labute approximate surface area is 94.4 Å². The molecule has 1 atom stereocenters. The van der Waals surface area contributed by atoms with E-state index in [1.54, 1.807) is 13.0 Å². The molecule has 1 rings (SSSR count). The van der Waals surface area contributed by atoms with Gasteiger partial charge >= 0.3 is 0 Å². The highest BCUT2D eigenvalue weighted by atomic mass is 35.5. The topological polar surface area (TPSA) is 52.0 Å². The molecular weight excluding hydrogens is 215 g/mol. The van der Waals surface area contributed by atoms with Crippen molar-refractivity contribution in [3.05, 3.63) is 34.1 Å². The molecule has 4 heteroatoms. The second-order valence-corrected chi connectivity index (χ2v) is 4.07. The Morgan fingerprint density at radius 2 is 2.13 bits per heavy atom. The molecule has 1 aromatic rings. The van der Waals surface area contributed by atoms with Crippen LogP contribution in [0.25, 0.3) is 0 Å². The standard InChI is InChI=1S/C11H16ClFN2/c1-7-5-9(12)8(6-10(7)13)11(15)3-2-4-14/h5-6,11H,2-4,14-15H2,1H3. The van der Waals surface area contributed by atoms with Crippen molar-refractivity contribution in [2.45, 2.75) is 25.8 Å². The molecule has 4 N–H and O–H groups in total. The van der Waals surface area contributed by atoms with E-state index in [4.69, 9.17) is 23.1 Å². The van der Waals surface area contributed by atoms with E-state index in [-0.39, 0.29) is 11.9 Å². The number of hydrogen-bond donors (Lipinski definition) is 2. The zero-order valence-corrected chi connectivity index (χ0v) is 9.52. The summed E-state index contributed by atoms with van der Waals surface area (Å²) in [5.41, 5.74) is 12.5. The highest BCUT2D eigenvalue weighted by Gasteiger charge is 2.12. The van der Waals surface area contributed by atoms with E-state index in [0.717, 1.165) is 12.8 Å². The van der Waals surface area contributed by atoms with Crippen molar-refractivity contribution in [3.63, 3.8) is 0 Å². The van der Waals surface area contributed by atoms with Gasteiger partial charge in [-0.15, -0.1) is 0 Å². The van der Waals surface area contributed by atoms with Gasteiger partial charge in [-0.25, -0.2) is 4.39 Å². The second kappa shape index (κ2) is 5.45. The summed E-state index contributed by atoms with van der Waals surface area (Å²) in [6.07, 6.45) is 1.53. The van der Waals surface area contributed by atoms with Crippen LogP contribution in [0.4, 0.5) is 4.39 Å². The number of nitrogens with two attached hydrogens (primary N) is 2. The molecule has 1 unspecified atom stereocenters. The number of aryl methyl sites for hydroxylation is 1. The van der Waals surface area contributed by atoms with Crippen LogP contribution >= 0.6 is 11.6 Å². The summed E-state index contributed by atoms with van der Waals surface area (Å²) in [5.74, 6) is -0.266. The quantitative estimate of drug-likeness (QED) is 0.835. The summed E-state index contributed by atoms with van der Waals surface area (Å²) in [7, 11) is 0. The van der Waals surface area contributed by atoms with Crippen LogP contribution in [-0.2, 0) is 0 Å². The van der Waals surface area contributed by atoms with Gasteiger partial charge in [0.15, 0.2) is 0 Å². The predicted molar refractivity (Wildman–Crippen MR) is 61.4 cm³/mol. The summed E-state index contributed by atoms with van der Waals surface area (Å²) in [5, 5.41) is 0.526. The van der Waals surface area contributed by atoms with Crippen molar-refractivity contribution >= 4 is 11.6 Å². The van der Waals surface area contributed by atoms with Crippen molar-refractivity contribution in [3.8, 4) is 0 Å². The van der Waals surface area contributed by atoms with Gasteiger partial charge in [-0.1, -0.05) is 11.6 Å². The Morgan fingerprint density at radius 1 is 1.47 bits per heavy atom. The Balaban J connectivity index is 2.88. The van der Waals surface area contributed by atoms with E-state index in [1.165, 1.54) is 6.07 Å². The molecule has 15 heavy (non-hydrogen) atoms. The molecule has 0 heterocycles. The molecule has 0 aliphatic rings. The smallest absolute Gasteiger partial charge is 0.126 e. The number of rotatable bonds is 4. The fraction of sp³-hybridized carbons (Fsp3) is 0.455. The minimum absolute atomic E-state index is 0.240. The number of benzene rings is 1. The Bertz CT molecular complexity index is 342. The average molecular weight is 231 g/mol. The fourth-order valence-corrected chi connectivity index (χ4v) is 1.80. The normalized spacial score (nSPS) is 12.9. The molecule has 0 radical (unpaired) electrons. The Morgan fingerprint density at radius 3 is 2.73 bits per heavy atom. The molecule has 0 saturated heterocycles. The van der Waals surface area contributed by atoms with Crippen molar-refractivity contribution < 1.29 is 4.39 Å². The lowest BCUT2D eigenvalue weighted by Gasteiger charge is -2.14. The van der Waals surface area contributed by atoms with Gasteiger partial charge in [-0.2, -0.15) is 0 Å². The minimum Gasteiger partial charge on any atom is -0.330 e. The van der Waals surface area contributed by atoms with Crippen LogP contribution in [-0.4, -0.2) is 6.54 Å². The van der Waals surface area contributed by atoms with Crippen LogP contribution in [0.3, 0.4) is 0 Å². The first-order chi connectivity index (χ1) is 7.06. The second-order valence-electron chi connectivity index (χ2n) is 3.66. The van der Waals surface area contributed by atoms with Crippen LogP contribution in [0.1, 0.15) is 30.0 Å². The van der Waals surface area contributed by atoms with Gasteiger partial charge < -0.3 is 11.5 Å². The largest absolute Gasteiger partial charge is 0.330 e. The monoisotopic (exact) mass is 230 g/mol. The maximum Gasteiger partial charge on any atom is 0.126 e. The first-order valence-electron chi connectivity index (χ1n) is 4.97. The third-order valence-electron chi connectivity index (χ3n) is 2.40. The first kappa shape index (κ1) is 12.4. The summed E-state index contributed by atoms with van der Waals surface area (Å²) < 4.78 is 13.3. The lowest BCUT2D eigenvalue weighted by Crippen LogP contribution is -2.13. The molecule has 84 valence electrons. The van der Waals surface area contributed by atoms with Crippen LogP contribution in [0.2, 0.25) is 5.02 Å². The third kappa shape index (κ3) is 3.16. The third-order valence-corrected chi connectivity index (χ3v) is 2.72. The van der Waals surface area contributed by atoms with Gasteiger partial charge in [0.1, 0.15) is 5.82 Å². The van der Waals surface area contributed by atoms with Gasteiger partial charge in [0.05, 0.1) is 0 Å². The molecule has 2 nitrogen and oxygen atoms in total. The molecule has 1 aromatic carbocycles. The van der Waals surface area contributed by atoms with Gasteiger partial charge in [-0.05, 0) is 49.6 Å². The Kier molecular flexibility index (Phi) is 4.51. The minimum atomic E-state index is -0.266. The van der Waals surface area contributed by atoms with E-state index < -0.39 is 0 Å². The molecule has 0 aromatic heterocycles. The van der Waals surface area contributed by atoms with E-state index >= 15 is 0 Å². The van der Waals surface area contributed by atoms with Crippen LogP contribution < -0.4 is 11.5 Å². The molecule has 0 fully saturated rings. The molecule has 0 bridgehead atoms. The van der Waals surface area contributed by atoms with Crippen LogP contribution in [0.5, 0.6) is 0 Å². The average Bonchev–Trinajstić information content (AvgIpc) is 2.20. The summed E-state index contributed by atoms with van der Waals surface area (Å²) in [4.78, 5) is 0. The number of halogens is 2. The van der Waals surface area contributed by atoms with Gasteiger partial charge in [-0.3, -0.25) is 0 Å². The fourth-order valence-electron chi connectivity index (χ4n) is 1.44. The molecule has 0 amide bonds. The zero-order chi connectivity index (χ0) is 11.4. The van der Waals surface area contributed by atoms with Crippen LogP contribution in [0.15, 0.2) is 12.1 Å². The summed E-state index contributed by atoms with van der Waals surface area (Å²) in [6, 6.07) is 2.78. The lowest BCUT2D eigenvalue weighted by molar-refractivity contribution is 0.592.